The Morgan fingerprint density at radius 3 is 2.87 bits per heavy atom. The Labute approximate surface area is 135 Å². The van der Waals surface area contributed by atoms with E-state index in [1.807, 2.05) is 47.3 Å². The van der Waals surface area contributed by atoms with Gasteiger partial charge >= 0.3 is 5.97 Å². The van der Waals surface area contributed by atoms with Gasteiger partial charge in [0.1, 0.15) is 0 Å². The molecule has 0 radical (unpaired) electrons. The van der Waals surface area contributed by atoms with E-state index in [2.05, 4.69) is 17.2 Å². The molecule has 3 rings (SSSR count). The third kappa shape index (κ3) is 4.07. The van der Waals surface area contributed by atoms with Crippen molar-refractivity contribution in [1.29, 1.82) is 0 Å². The van der Waals surface area contributed by atoms with Crippen LogP contribution in [0, 0.1) is 0 Å². The summed E-state index contributed by atoms with van der Waals surface area (Å²) in [5, 5.41) is 6.38. The van der Waals surface area contributed by atoms with Crippen LogP contribution >= 0.6 is 0 Å². The number of rotatable bonds is 6. The second-order valence-corrected chi connectivity index (χ2v) is 5.19. The summed E-state index contributed by atoms with van der Waals surface area (Å²) in [7, 11) is 0. The standard InChI is InChI=1S/C19H18N2O2/c22-19(23-15-5-14-21-13-4-12-20-21)11-10-17-8-3-7-16-6-1-2-9-18(16)17/h1-4,6-13H,5,14-15H2/b11-10+. The van der Waals surface area contributed by atoms with Gasteiger partial charge in [-0.25, -0.2) is 4.79 Å². The molecule has 0 atom stereocenters. The fourth-order valence-corrected chi connectivity index (χ4v) is 2.43. The van der Waals surface area contributed by atoms with Gasteiger partial charge in [0.25, 0.3) is 0 Å². The van der Waals surface area contributed by atoms with Crippen LogP contribution in [0.25, 0.3) is 16.8 Å². The Bertz CT molecular complexity index is 802. The van der Waals surface area contributed by atoms with E-state index in [1.165, 1.54) is 6.08 Å². The Morgan fingerprint density at radius 1 is 1.13 bits per heavy atom. The minimum absolute atomic E-state index is 0.321. The molecular weight excluding hydrogens is 288 g/mol. The highest BCUT2D eigenvalue weighted by Gasteiger charge is 2.00. The van der Waals surface area contributed by atoms with E-state index in [-0.39, 0.29) is 5.97 Å². The van der Waals surface area contributed by atoms with Crippen molar-refractivity contribution in [2.24, 2.45) is 0 Å². The molecule has 4 nitrogen and oxygen atoms in total. The maximum absolute atomic E-state index is 11.8. The van der Waals surface area contributed by atoms with Gasteiger partial charge in [0, 0.05) is 31.4 Å². The first kappa shape index (κ1) is 15.0. The lowest BCUT2D eigenvalue weighted by Crippen LogP contribution is -2.06. The number of esters is 1. The first-order chi connectivity index (χ1) is 11.3. The maximum Gasteiger partial charge on any atom is 0.330 e. The van der Waals surface area contributed by atoms with Gasteiger partial charge in [-0.2, -0.15) is 5.10 Å². The van der Waals surface area contributed by atoms with Crippen LogP contribution in [0.2, 0.25) is 0 Å². The summed E-state index contributed by atoms with van der Waals surface area (Å²) < 4.78 is 7.03. The summed E-state index contributed by atoms with van der Waals surface area (Å²) in [5.41, 5.74) is 1.01. The highest BCUT2D eigenvalue weighted by Crippen LogP contribution is 2.19. The number of aryl methyl sites for hydroxylation is 1. The summed E-state index contributed by atoms with van der Waals surface area (Å²) in [6.07, 6.45) is 7.66. The number of hydrogen-bond donors (Lipinski definition) is 0. The Balaban J connectivity index is 1.53. The van der Waals surface area contributed by atoms with Gasteiger partial charge in [0.15, 0.2) is 0 Å². The normalized spacial score (nSPS) is 11.1. The van der Waals surface area contributed by atoms with Gasteiger partial charge in [0.2, 0.25) is 0 Å². The number of carbonyl (C=O) groups is 1. The van der Waals surface area contributed by atoms with Crippen LogP contribution in [-0.4, -0.2) is 22.4 Å². The lowest BCUT2D eigenvalue weighted by molar-refractivity contribution is -0.137. The minimum atomic E-state index is -0.321. The summed E-state index contributed by atoms with van der Waals surface area (Å²) in [6.45, 7) is 1.13. The van der Waals surface area contributed by atoms with E-state index < -0.39 is 0 Å². The van der Waals surface area contributed by atoms with E-state index in [0.29, 0.717) is 6.61 Å². The molecule has 0 aliphatic rings. The highest BCUT2D eigenvalue weighted by atomic mass is 16.5. The monoisotopic (exact) mass is 306 g/mol. The van der Waals surface area contributed by atoms with Crippen molar-refractivity contribution in [2.75, 3.05) is 6.61 Å². The van der Waals surface area contributed by atoms with Crippen molar-refractivity contribution in [2.45, 2.75) is 13.0 Å². The van der Waals surface area contributed by atoms with Crippen molar-refractivity contribution < 1.29 is 9.53 Å². The molecule has 0 aliphatic heterocycles. The van der Waals surface area contributed by atoms with Gasteiger partial charge < -0.3 is 4.74 Å². The molecule has 2 aromatic carbocycles. The predicted octanol–water partition coefficient (Wildman–Crippen LogP) is 3.68. The number of carbonyl (C=O) groups excluding carboxylic acids is 1. The summed E-state index contributed by atoms with van der Waals surface area (Å²) in [4.78, 5) is 11.8. The Kier molecular flexibility index (Phi) is 4.84. The first-order valence-electron chi connectivity index (χ1n) is 7.63. The average Bonchev–Trinajstić information content (AvgIpc) is 3.10. The van der Waals surface area contributed by atoms with Crippen LogP contribution in [0.15, 0.2) is 67.0 Å². The van der Waals surface area contributed by atoms with Crippen LogP contribution < -0.4 is 0 Å². The number of hydrogen-bond acceptors (Lipinski definition) is 3. The summed E-state index contributed by atoms with van der Waals surface area (Å²) in [6, 6.07) is 16.0. The van der Waals surface area contributed by atoms with Crippen LogP contribution in [-0.2, 0) is 16.1 Å². The maximum atomic E-state index is 11.8. The zero-order valence-corrected chi connectivity index (χ0v) is 12.8. The van der Waals surface area contributed by atoms with Crippen molar-refractivity contribution in [3.8, 4) is 0 Å². The van der Waals surface area contributed by atoms with Gasteiger partial charge in [0.05, 0.1) is 6.61 Å². The fraction of sp³-hybridized carbons (Fsp3) is 0.158. The number of benzene rings is 2. The third-order valence-electron chi connectivity index (χ3n) is 3.56. The van der Waals surface area contributed by atoms with Gasteiger partial charge in [-0.3, -0.25) is 4.68 Å². The molecule has 0 bridgehead atoms. The number of aromatic nitrogens is 2. The summed E-state index contributed by atoms with van der Waals surface area (Å²) >= 11 is 0. The van der Waals surface area contributed by atoms with Crippen molar-refractivity contribution in [3.63, 3.8) is 0 Å². The molecule has 0 saturated carbocycles. The number of ether oxygens (including phenoxy) is 1. The predicted molar refractivity (Wildman–Crippen MR) is 90.8 cm³/mol. The lowest BCUT2D eigenvalue weighted by atomic mass is 10.0. The van der Waals surface area contributed by atoms with Crippen LogP contribution in [0.5, 0.6) is 0 Å². The van der Waals surface area contributed by atoms with Crippen LogP contribution in [0.1, 0.15) is 12.0 Å². The molecule has 116 valence electrons. The van der Waals surface area contributed by atoms with Crippen molar-refractivity contribution >= 4 is 22.8 Å². The van der Waals surface area contributed by atoms with Gasteiger partial charge in [-0.1, -0.05) is 42.5 Å². The molecule has 1 aromatic heterocycles. The molecule has 0 spiro atoms. The second kappa shape index (κ2) is 7.40. The zero-order chi connectivity index (χ0) is 15.9. The second-order valence-electron chi connectivity index (χ2n) is 5.19. The highest BCUT2D eigenvalue weighted by molar-refractivity contribution is 5.94. The van der Waals surface area contributed by atoms with Gasteiger partial charge in [-0.15, -0.1) is 0 Å². The van der Waals surface area contributed by atoms with Crippen LogP contribution in [0.4, 0.5) is 0 Å². The molecule has 3 aromatic rings. The molecule has 4 heteroatoms. The fourth-order valence-electron chi connectivity index (χ4n) is 2.43. The smallest absolute Gasteiger partial charge is 0.330 e. The molecule has 0 N–H and O–H groups in total. The largest absolute Gasteiger partial charge is 0.462 e. The number of nitrogens with zero attached hydrogens (tertiary/aromatic N) is 2. The molecule has 0 amide bonds. The zero-order valence-electron chi connectivity index (χ0n) is 12.8. The quantitative estimate of drug-likeness (QED) is 0.396. The van der Waals surface area contributed by atoms with Gasteiger partial charge in [-0.05, 0) is 28.5 Å². The van der Waals surface area contributed by atoms with E-state index in [4.69, 9.17) is 4.74 Å². The Morgan fingerprint density at radius 2 is 2.00 bits per heavy atom. The summed E-state index contributed by atoms with van der Waals surface area (Å²) in [5.74, 6) is -0.321. The van der Waals surface area contributed by atoms with Crippen molar-refractivity contribution in [1.82, 2.24) is 9.78 Å². The average molecular weight is 306 g/mol. The molecule has 0 unspecified atom stereocenters. The Hall–Kier alpha value is -2.88. The lowest BCUT2D eigenvalue weighted by Gasteiger charge is -2.03. The van der Waals surface area contributed by atoms with Crippen molar-refractivity contribution in [3.05, 3.63) is 72.6 Å². The van der Waals surface area contributed by atoms with E-state index in [1.54, 1.807) is 12.3 Å². The van der Waals surface area contributed by atoms with E-state index >= 15 is 0 Å². The molecule has 1 heterocycles. The molecule has 0 fully saturated rings. The topological polar surface area (TPSA) is 44.1 Å². The molecule has 0 aliphatic carbocycles. The SMILES string of the molecule is O=C(/C=C/c1cccc2ccccc12)OCCCn1cccn1. The molecule has 23 heavy (non-hydrogen) atoms. The minimum Gasteiger partial charge on any atom is -0.462 e. The molecule has 0 saturated heterocycles. The van der Waals surface area contributed by atoms with E-state index in [9.17, 15) is 4.79 Å². The van der Waals surface area contributed by atoms with Crippen LogP contribution in [0.3, 0.4) is 0 Å². The number of fused-ring (bicyclic) bond motifs is 1. The van der Waals surface area contributed by atoms with E-state index in [0.717, 1.165) is 29.3 Å². The molecular formula is C19H18N2O2. The first-order valence-corrected chi connectivity index (χ1v) is 7.63. The third-order valence-corrected chi connectivity index (χ3v) is 3.56.